The van der Waals surface area contributed by atoms with Crippen LogP contribution in [0.4, 0.5) is 0 Å². The number of benzene rings is 1. The van der Waals surface area contributed by atoms with E-state index in [0.29, 0.717) is 12.1 Å². The van der Waals surface area contributed by atoms with Gasteiger partial charge >= 0.3 is 0 Å². The fourth-order valence-electron chi connectivity index (χ4n) is 3.64. The number of piperidine rings is 1. The van der Waals surface area contributed by atoms with Crippen LogP contribution in [0.3, 0.4) is 0 Å². The molecule has 2 fully saturated rings. The number of fused-ring (bicyclic) bond motifs is 1. The van der Waals surface area contributed by atoms with E-state index in [1.165, 1.54) is 44.3 Å². The highest BCUT2D eigenvalue weighted by Gasteiger charge is 2.35. The van der Waals surface area contributed by atoms with Gasteiger partial charge in [0.2, 0.25) is 0 Å². The number of rotatable bonds is 3. The number of hydrogen-bond donors (Lipinski definition) is 1. The second-order valence-corrected chi connectivity index (χ2v) is 6.37. The summed E-state index contributed by atoms with van der Waals surface area (Å²) >= 11 is 6.08. The lowest BCUT2D eigenvalue weighted by molar-refractivity contribution is 0.177. The van der Waals surface area contributed by atoms with E-state index in [9.17, 15) is 0 Å². The number of halogens is 1. The van der Waals surface area contributed by atoms with Gasteiger partial charge in [-0.15, -0.1) is 0 Å². The highest BCUT2D eigenvalue weighted by atomic mass is 35.5. The average molecular weight is 279 g/mol. The molecule has 0 radical (unpaired) electrons. The summed E-state index contributed by atoms with van der Waals surface area (Å²) in [5, 5.41) is 4.65. The maximum atomic E-state index is 6.08. The van der Waals surface area contributed by atoms with Crippen molar-refractivity contribution >= 4 is 11.6 Å². The lowest BCUT2D eigenvalue weighted by Crippen LogP contribution is -2.45. The van der Waals surface area contributed by atoms with Crippen molar-refractivity contribution in [2.45, 2.75) is 50.7 Å². The molecule has 3 heteroatoms. The van der Waals surface area contributed by atoms with Gasteiger partial charge in [0.05, 0.1) is 0 Å². The quantitative estimate of drug-likeness (QED) is 0.909. The molecule has 0 bridgehead atoms. The third-order valence-corrected chi connectivity index (χ3v) is 4.90. The van der Waals surface area contributed by atoms with Crippen molar-refractivity contribution in [3.8, 4) is 0 Å². The fourth-order valence-corrected chi connectivity index (χ4v) is 3.83. The molecule has 1 N–H and O–H groups in total. The van der Waals surface area contributed by atoms with Crippen LogP contribution >= 0.6 is 11.6 Å². The van der Waals surface area contributed by atoms with Crippen molar-refractivity contribution in [3.63, 3.8) is 0 Å². The van der Waals surface area contributed by atoms with Crippen molar-refractivity contribution < 1.29 is 0 Å². The largest absolute Gasteiger partial charge is 0.306 e. The Labute approximate surface area is 121 Å². The van der Waals surface area contributed by atoms with E-state index in [0.717, 1.165) is 11.1 Å². The molecule has 2 heterocycles. The van der Waals surface area contributed by atoms with Crippen molar-refractivity contribution in [2.24, 2.45) is 0 Å². The third kappa shape index (κ3) is 2.96. The van der Waals surface area contributed by atoms with E-state index in [4.69, 9.17) is 11.6 Å². The molecule has 2 aliphatic rings. The van der Waals surface area contributed by atoms with Crippen LogP contribution in [-0.4, -0.2) is 30.1 Å². The summed E-state index contributed by atoms with van der Waals surface area (Å²) in [6, 6.07) is 10.0. The summed E-state index contributed by atoms with van der Waals surface area (Å²) in [7, 11) is 0. The molecule has 0 spiro atoms. The highest BCUT2D eigenvalue weighted by molar-refractivity contribution is 6.30. The highest BCUT2D eigenvalue weighted by Crippen LogP contribution is 2.29. The second-order valence-electron chi connectivity index (χ2n) is 5.94. The summed E-state index contributed by atoms with van der Waals surface area (Å²) in [5.41, 5.74) is 1.29. The average Bonchev–Trinajstić information content (AvgIpc) is 2.82. The second kappa shape index (κ2) is 5.82. The van der Waals surface area contributed by atoms with E-state index in [1.54, 1.807) is 0 Å². The fraction of sp³-hybridized carbons (Fsp3) is 0.625. The van der Waals surface area contributed by atoms with Gasteiger partial charge in [-0.25, -0.2) is 0 Å². The van der Waals surface area contributed by atoms with Crippen molar-refractivity contribution in [1.29, 1.82) is 0 Å². The minimum Gasteiger partial charge on any atom is -0.306 e. The first-order valence-corrected chi connectivity index (χ1v) is 7.87. The van der Waals surface area contributed by atoms with Gasteiger partial charge in [0, 0.05) is 29.7 Å². The molecular weight excluding hydrogens is 256 g/mol. The van der Waals surface area contributed by atoms with E-state index in [2.05, 4.69) is 29.3 Å². The maximum Gasteiger partial charge on any atom is 0.0409 e. The normalized spacial score (nSPS) is 29.2. The van der Waals surface area contributed by atoms with Gasteiger partial charge in [-0.3, -0.25) is 4.90 Å². The van der Waals surface area contributed by atoms with Gasteiger partial charge in [-0.05, 0) is 50.4 Å². The molecule has 19 heavy (non-hydrogen) atoms. The predicted octanol–water partition coefficient (Wildman–Crippen LogP) is 3.62. The van der Waals surface area contributed by atoms with Crippen LogP contribution in [-0.2, 0) is 0 Å². The molecule has 2 nitrogen and oxygen atoms in total. The zero-order valence-electron chi connectivity index (χ0n) is 11.6. The van der Waals surface area contributed by atoms with Crippen LogP contribution in [0.5, 0.6) is 0 Å². The molecule has 0 aliphatic carbocycles. The summed E-state index contributed by atoms with van der Waals surface area (Å²) in [5.74, 6) is 0. The van der Waals surface area contributed by atoms with E-state index in [-0.39, 0.29) is 0 Å². The molecule has 0 aromatic heterocycles. The Bertz CT molecular complexity index is 435. The minimum atomic E-state index is 0.380. The summed E-state index contributed by atoms with van der Waals surface area (Å²) in [6.45, 7) is 4.82. The first-order valence-electron chi connectivity index (χ1n) is 7.49. The molecule has 104 valence electrons. The van der Waals surface area contributed by atoms with Crippen LogP contribution in [0.25, 0.3) is 0 Å². The first kappa shape index (κ1) is 13.4. The maximum absolute atomic E-state index is 6.08. The lowest BCUT2D eigenvalue weighted by Gasteiger charge is -2.34. The number of nitrogens with zero attached hydrogens (tertiary/aromatic N) is 1. The van der Waals surface area contributed by atoms with Gasteiger partial charge < -0.3 is 5.32 Å². The molecule has 2 saturated heterocycles. The van der Waals surface area contributed by atoms with Crippen molar-refractivity contribution in [1.82, 2.24) is 10.2 Å². The van der Waals surface area contributed by atoms with Gasteiger partial charge in [-0.2, -0.15) is 0 Å². The SMILES string of the molecule is C[C@@H](NC1CCN2CCCCC12)c1cccc(Cl)c1. The molecule has 3 rings (SSSR count). The van der Waals surface area contributed by atoms with Crippen LogP contribution in [0.15, 0.2) is 24.3 Å². The molecule has 3 atom stereocenters. The third-order valence-electron chi connectivity index (χ3n) is 4.67. The molecule has 0 amide bonds. The Morgan fingerprint density at radius 2 is 2.16 bits per heavy atom. The van der Waals surface area contributed by atoms with E-state index in [1.807, 2.05) is 12.1 Å². The van der Waals surface area contributed by atoms with Crippen LogP contribution in [0.2, 0.25) is 5.02 Å². The summed E-state index contributed by atoms with van der Waals surface area (Å²) in [4.78, 5) is 2.67. The summed E-state index contributed by atoms with van der Waals surface area (Å²) in [6.07, 6.45) is 5.42. The first-order chi connectivity index (χ1) is 9.24. The molecule has 1 aromatic carbocycles. The predicted molar refractivity (Wildman–Crippen MR) is 80.6 cm³/mol. The Balaban J connectivity index is 1.65. The van der Waals surface area contributed by atoms with Crippen molar-refractivity contribution in [3.05, 3.63) is 34.9 Å². The molecule has 2 aliphatic heterocycles. The Hall–Kier alpha value is -0.570. The van der Waals surface area contributed by atoms with Gasteiger partial charge in [0.25, 0.3) is 0 Å². The summed E-state index contributed by atoms with van der Waals surface area (Å²) < 4.78 is 0. The van der Waals surface area contributed by atoms with Gasteiger partial charge in [0.1, 0.15) is 0 Å². The molecular formula is C16H23ClN2. The Morgan fingerprint density at radius 1 is 1.26 bits per heavy atom. The molecule has 1 aromatic rings. The smallest absolute Gasteiger partial charge is 0.0409 e. The zero-order valence-corrected chi connectivity index (χ0v) is 12.4. The molecule has 0 saturated carbocycles. The number of hydrogen-bond acceptors (Lipinski definition) is 2. The lowest BCUT2D eigenvalue weighted by atomic mass is 9.97. The van der Waals surface area contributed by atoms with Gasteiger partial charge in [-0.1, -0.05) is 30.2 Å². The number of nitrogens with one attached hydrogen (secondary N) is 1. The monoisotopic (exact) mass is 278 g/mol. The standard InChI is InChI=1S/C16H23ClN2/c1-12(13-5-4-6-14(17)11-13)18-15-8-10-19-9-3-2-7-16(15)19/h4-6,11-12,15-16,18H,2-3,7-10H2,1H3/t12-,15?,16?/m1/s1. The molecule has 2 unspecified atom stereocenters. The zero-order chi connectivity index (χ0) is 13.2. The van der Waals surface area contributed by atoms with E-state index >= 15 is 0 Å². The van der Waals surface area contributed by atoms with Crippen molar-refractivity contribution in [2.75, 3.05) is 13.1 Å². The van der Waals surface area contributed by atoms with Crippen LogP contribution < -0.4 is 5.32 Å². The van der Waals surface area contributed by atoms with E-state index < -0.39 is 0 Å². The van der Waals surface area contributed by atoms with Crippen LogP contribution in [0, 0.1) is 0 Å². The van der Waals surface area contributed by atoms with Crippen LogP contribution in [0.1, 0.15) is 44.2 Å². The topological polar surface area (TPSA) is 15.3 Å². The minimum absolute atomic E-state index is 0.380. The Kier molecular flexibility index (Phi) is 4.11. The Morgan fingerprint density at radius 3 is 3.00 bits per heavy atom. The van der Waals surface area contributed by atoms with Gasteiger partial charge in [0.15, 0.2) is 0 Å².